The molecule has 2 aromatic rings. The van der Waals surface area contributed by atoms with Crippen molar-refractivity contribution in [3.63, 3.8) is 0 Å². The van der Waals surface area contributed by atoms with Crippen LogP contribution in [0.3, 0.4) is 0 Å². The third-order valence-electron chi connectivity index (χ3n) is 5.52. The molecular weight excluding hydrogens is 372 g/mol. The number of carbonyl (C=O) groups is 2. The van der Waals surface area contributed by atoms with E-state index >= 15 is 0 Å². The number of nitrogens with zero attached hydrogens (tertiary/aromatic N) is 2. The van der Waals surface area contributed by atoms with Gasteiger partial charge in [-0.2, -0.15) is 0 Å². The highest BCUT2D eigenvalue weighted by Gasteiger charge is 2.28. The first-order valence-electron chi connectivity index (χ1n) is 9.88. The van der Waals surface area contributed by atoms with Gasteiger partial charge in [0, 0.05) is 25.6 Å². The number of carbonyl (C=O) groups excluding carboxylic acids is 2. The van der Waals surface area contributed by atoms with E-state index in [0.717, 1.165) is 18.5 Å². The zero-order chi connectivity index (χ0) is 21.2. The van der Waals surface area contributed by atoms with Crippen LogP contribution in [0.15, 0.2) is 12.3 Å². The Morgan fingerprint density at radius 2 is 2.10 bits per heavy atom. The molecule has 1 saturated carbocycles. The molecule has 0 bridgehead atoms. The summed E-state index contributed by atoms with van der Waals surface area (Å²) in [6, 6.07) is 2.30. The fourth-order valence-electron chi connectivity index (χ4n) is 4.21. The summed E-state index contributed by atoms with van der Waals surface area (Å²) in [6.07, 6.45) is 6.40. The molecular formula is C21H30N4O4. The quantitative estimate of drug-likeness (QED) is 0.720. The van der Waals surface area contributed by atoms with E-state index in [4.69, 9.17) is 9.47 Å². The van der Waals surface area contributed by atoms with Crippen molar-refractivity contribution < 1.29 is 19.1 Å². The van der Waals surface area contributed by atoms with Gasteiger partial charge in [0.15, 0.2) is 5.69 Å². The number of anilines is 2. The molecule has 0 saturated heterocycles. The zero-order valence-corrected chi connectivity index (χ0v) is 17.8. The summed E-state index contributed by atoms with van der Waals surface area (Å²) >= 11 is 0. The van der Waals surface area contributed by atoms with Gasteiger partial charge >= 0.3 is 5.97 Å². The molecule has 3 rings (SSSR count). The van der Waals surface area contributed by atoms with Gasteiger partial charge < -0.3 is 24.7 Å². The molecule has 1 aliphatic rings. The summed E-state index contributed by atoms with van der Waals surface area (Å²) in [5, 5.41) is 7.04. The van der Waals surface area contributed by atoms with Gasteiger partial charge in [0.05, 0.1) is 24.7 Å². The third kappa shape index (κ3) is 4.53. The Morgan fingerprint density at radius 3 is 2.76 bits per heavy atom. The Labute approximate surface area is 171 Å². The lowest BCUT2D eigenvalue weighted by Crippen LogP contribution is -2.31. The minimum absolute atomic E-state index is 0.112. The second-order valence-electron chi connectivity index (χ2n) is 8.45. The molecule has 0 spiro atoms. The molecule has 8 heteroatoms. The lowest BCUT2D eigenvalue weighted by atomic mass is 9.75. The van der Waals surface area contributed by atoms with Crippen LogP contribution in [0, 0.1) is 5.41 Å². The predicted molar refractivity (Wildman–Crippen MR) is 112 cm³/mol. The number of ether oxygens (including phenoxy) is 2. The summed E-state index contributed by atoms with van der Waals surface area (Å²) in [5.41, 5.74) is 2.40. The van der Waals surface area contributed by atoms with Crippen molar-refractivity contribution in [3.05, 3.63) is 18.0 Å². The molecule has 0 aromatic carbocycles. The van der Waals surface area contributed by atoms with Crippen LogP contribution in [0.1, 0.15) is 50.0 Å². The van der Waals surface area contributed by atoms with Gasteiger partial charge in [0.25, 0.3) is 0 Å². The van der Waals surface area contributed by atoms with E-state index in [1.807, 2.05) is 6.07 Å². The Hall–Kier alpha value is -2.61. The first kappa shape index (κ1) is 21.1. The van der Waals surface area contributed by atoms with Crippen molar-refractivity contribution in [2.75, 3.05) is 31.5 Å². The average molecular weight is 402 g/mol. The maximum absolute atomic E-state index is 12.4. The maximum Gasteiger partial charge on any atom is 0.356 e. The molecule has 29 heavy (non-hydrogen) atoms. The van der Waals surface area contributed by atoms with Crippen molar-refractivity contribution >= 4 is 34.3 Å². The summed E-state index contributed by atoms with van der Waals surface area (Å²) in [5.74, 6) is -0.890. The largest absolute Gasteiger partial charge is 0.464 e. The Morgan fingerprint density at radius 1 is 1.34 bits per heavy atom. The molecule has 1 atom stereocenters. The Balaban J connectivity index is 1.99. The van der Waals surface area contributed by atoms with Crippen molar-refractivity contribution in [1.29, 1.82) is 0 Å². The van der Waals surface area contributed by atoms with Crippen LogP contribution in [-0.2, 0) is 21.3 Å². The van der Waals surface area contributed by atoms with Gasteiger partial charge in [-0.05, 0) is 30.7 Å². The molecule has 158 valence electrons. The van der Waals surface area contributed by atoms with Crippen LogP contribution in [0.25, 0.3) is 11.0 Å². The van der Waals surface area contributed by atoms with Crippen LogP contribution in [0.2, 0.25) is 0 Å². The van der Waals surface area contributed by atoms with E-state index in [-0.39, 0.29) is 18.2 Å². The molecule has 0 aliphatic heterocycles. The van der Waals surface area contributed by atoms with E-state index in [1.54, 1.807) is 17.8 Å². The van der Waals surface area contributed by atoms with Crippen LogP contribution in [-0.4, -0.2) is 48.3 Å². The van der Waals surface area contributed by atoms with Gasteiger partial charge in [0.1, 0.15) is 12.3 Å². The van der Waals surface area contributed by atoms with Crippen molar-refractivity contribution in [1.82, 2.24) is 9.55 Å². The summed E-state index contributed by atoms with van der Waals surface area (Å²) in [7, 11) is 4.48. The number of rotatable bonds is 6. The number of amides is 1. The number of aryl methyl sites for hydroxylation is 1. The number of hydrogen-bond acceptors (Lipinski definition) is 6. The first-order chi connectivity index (χ1) is 13.8. The number of esters is 1. The van der Waals surface area contributed by atoms with Crippen LogP contribution < -0.4 is 10.6 Å². The van der Waals surface area contributed by atoms with Gasteiger partial charge in [-0.1, -0.05) is 20.3 Å². The predicted octanol–water partition coefficient (Wildman–Crippen LogP) is 3.33. The van der Waals surface area contributed by atoms with Crippen LogP contribution in [0.5, 0.6) is 0 Å². The number of methoxy groups -OCH3 is 2. The molecule has 2 heterocycles. The standard InChI is InChI=1S/C21H30N4O4/c1-21(2)8-6-7-13(10-21)23-14-9-15-17(24-16(26)12-28-4)18(20(27)29-5)25(3)19(15)22-11-14/h9,11,13,23H,6-8,10,12H2,1-5H3,(H,24,26)/t13-/m1/s1. The van der Waals surface area contributed by atoms with E-state index in [9.17, 15) is 9.59 Å². The monoisotopic (exact) mass is 402 g/mol. The summed E-state index contributed by atoms with van der Waals surface area (Å²) in [4.78, 5) is 29.1. The van der Waals surface area contributed by atoms with E-state index in [0.29, 0.717) is 28.2 Å². The highest BCUT2D eigenvalue weighted by atomic mass is 16.5. The minimum atomic E-state index is -0.540. The second-order valence-corrected chi connectivity index (χ2v) is 8.45. The SMILES string of the molecule is COCC(=O)Nc1c(C(=O)OC)n(C)c2ncc(N[C@@H]3CCCC(C)(C)C3)cc12. The fraction of sp³-hybridized carbons (Fsp3) is 0.571. The summed E-state index contributed by atoms with van der Waals surface area (Å²) in [6.45, 7) is 4.48. The highest BCUT2D eigenvalue weighted by Crippen LogP contribution is 2.37. The van der Waals surface area contributed by atoms with Crippen LogP contribution in [0.4, 0.5) is 11.4 Å². The Kier molecular flexibility index (Phi) is 6.12. The second kappa shape index (κ2) is 8.41. The molecule has 1 amide bonds. The number of aromatic nitrogens is 2. The normalized spacial score (nSPS) is 18.4. The maximum atomic E-state index is 12.4. The molecule has 2 aromatic heterocycles. The number of pyridine rings is 1. The minimum Gasteiger partial charge on any atom is -0.464 e. The summed E-state index contributed by atoms with van der Waals surface area (Å²) < 4.78 is 11.5. The van der Waals surface area contributed by atoms with Crippen molar-refractivity contribution in [2.45, 2.75) is 45.6 Å². The van der Waals surface area contributed by atoms with E-state index < -0.39 is 5.97 Å². The average Bonchev–Trinajstić information content (AvgIpc) is 2.92. The van der Waals surface area contributed by atoms with Gasteiger partial charge in [-0.25, -0.2) is 9.78 Å². The smallest absolute Gasteiger partial charge is 0.356 e. The molecule has 0 unspecified atom stereocenters. The third-order valence-corrected chi connectivity index (χ3v) is 5.52. The van der Waals surface area contributed by atoms with E-state index in [1.165, 1.54) is 27.1 Å². The topological polar surface area (TPSA) is 94.5 Å². The number of hydrogen-bond donors (Lipinski definition) is 2. The van der Waals surface area contributed by atoms with Gasteiger partial charge in [0.2, 0.25) is 5.91 Å². The lowest BCUT2D eigenvalue weighted by Gasteiger charge is -2.36. The zero-order valence-electron chi connectivity index (χ0n) is 17.8. The van der Waals surface area contributed by atoms with Gasteiger partial charge in [-0.15, -0.1) is 0 Å². The van der Waals surface area contributed by atoms with Crippen LogP contribution >= 0.6 is 0 Å². The number of fused-ring (bicyclic) bond motifs is 1. The Bertz CT molecular complexity index is 919. The molecule has 8 nitrogen and oxygen atoms in total. The molecule has 1 aliphatic carbocycles. The first-order valence-corrected chi connectivity index (χ1v) is 9.88. The molecule has 0 radical (unpaired) electrons. The highest BCUT2D eigenvalue weighted by molar-refractivity contribution is 6.11. The lowest BCUT2D eigenvalue weighted by molar-refractivity contribution is -0.119. The van der Waals surface area contributed by atoms with Crippen molar-refractivity contribution in [2.24, 2.45) is 12.5 Å². The molecule has 1 fully saturated rings. The van der Waals surface area contributed by atoms with E-state index in [2.05, 4.69) is 29.5 Å². The molecule has 2 N–H and O–H groups in total. The van der Waals surface area contributed by atoms with Crippen molar-refractivity contribution in [3.8, 4) is 0 Å². The fourth-order valence-corrected chi connectivity index (χ4v) is 4.21. The number of nitrogens with one attached hydrogen (secondary N) is 2. The van der Waals surface area contributed by atoms with Gasteiger partial charge in [-0.3, -0.25) is 4.79 Å².